The van der Waals surface area contributed by atoms with E-state index in [0.717, 1.165) is 45.8 Å². The SMILES string of the molecule is CC1=NNC(=O)C1=Cc1c(C)[nH][nH]c1=O.CCN1/C(=C/C=C2C(=O)N(c3ccc(COO)cc3)N=C2C)Oc2ccccc21.[C-]#[N+]C1=C(C)C(=C/C=C\c2ccc(N(C)C)cc2)C(=O)N(c2cc(COO)cc(C(=O)O)c2)C1=O. The van der Waals surface area contributed by atoms with Gasteiger partial charge in [0.15, 0.2) is 5.75 Å². The molecule has 4 amide bonds. The molecule has 404 valence electrons. The van der Waals surface area contributed by atoms with Gasteiger partial charge in [-0.3, -0.25) is 44.5 Å². The number of nitrogens with one attached hydrogen (secondary N) is 3. The van der Waals surface area contributed by atoms with Crippen molar-refractivity contribution >= 4 is 75.9 Å². The van der Waals surface area contributed by atoms with Gasteiger partial charge in [0.1, 0.15) is 13.2 Å². The average molecular weight is 1070 g/mol. The van der Waals surface area contributed by atoms with E-state index < -0.39 is 17.8 Å². The zero-order chi connectivity index (χ0) is 57.1. The molecule has 0 unspecified atom stereocenters. The predicted octanol–water partition coefficient (Wildman–Crippen LogP) is 8.13. The van der Waals surface area contributed by atoms with E-state index in [9.17, 15) is 33.9 Å². The number of hydrogen-bond acceptors (Lipinski definition) is 15. The van der Waals surface area contributed by atoms with Gasteiger partial charge in [-0.05, 0) is 130 Å². The molecule has 0 atom stereocenters. The number of carbonyl (C=O) groups is 5. The molecule has 22 heteroatoms. The maximum absolute atomic E-state index is 13.4. The van der Waals surface area contributed by atoms with Crippen molar-refractivity contribution in [2.75, 3.05) is 40.3 Å². The minimum absolute atomic E-state index is 0.0465. The van der Waals surface area contributed by atoms with Crippen LogP contribution in [0.15, 0.2) is 164 Å². The molecule has 0 aliphatic carbocycles. The van der Waals surface area contributed by atoms with Crippen LogP contribution < -0.4 is 35.4 Å². The van der Waals surface area contributed by atoms with Crippen LogP contribution in [0.5, 0.6) is 5.75 Å². The van der Waals surface area contributed by atoms with Gasteiger partial charge < -0.3 is 24.7 Å². The number of carboxylic acid groups (broad SMARTS) is 1. The lowest BCUT2D eigenvalue weighted by molar-refractivity contribution is -0.253. The molecule has 0 saturated heterocycles. The molecule has 6 N–H and O–H groups in total. The number of carbonyl (C=O) groups excluding carboxylic acids is 4. The number of nitrogens with zero attached hydrogens (tertiary/aromatic N) is 7. The highest BCUT2D eigenvalue weighted by Gasteiger charge is 2.37. The van der Waals surface area contributed by atoms with Crippen LogP contribution in [0, 0.1) is 13.5 Å². The second-order valence-corrected chi connectivity index (χ2v) is 17.9. The Labute approximate surface area is 452 Å². The first-order chi connectivity index (χ1) is 37.9. The topological polar surface area (TPSA) is 276 Å². The van der Waals surface area contributed by atoms with Gasteiger partial charge in [-0.2, -0.15) is 15.2 Å². The zero-order valence-electron chi connectivity index (χ0n) is 43.9. The van der Waals surface area contributed by atoms with Crippen molar-refractivity contribution in [3.63, 3.8) is 0 Å². The van der Waals surface area contributed by atoms with Crippen LogP contribution in [-0.4, -0.2) is 87.5 Å². The van der Waals surface area contributed by atoms with E-state index >= 15 is 0 Å². The normalized spacial score (nSPS) is 16.9. The van der Waals surface area contributed by atoms with Crippen molar-refractivity contribution < 1.29 is 54.1 Å². The maximum Gasteiger partial charge on any atom is 0.335 e. The van der Waals surface area contributed by atoms with Crippen molar-refractivity contribution in [1.82, 2.24) is 15.6 Å². The largest absolute Gasteiger partial charge is 0.478 e. The Bertz CT molecular complexity index is 3590. The summed E-state index contributed by atoms with van der Waals surface area (Å²) in [6.07, 6.45) is 10.0. The van der Waals surface area contributed by atoms with Gasteiger partial charge in [0, 0.05) is 37.6 Å². The molecule has 22 nitrogen and oxygen atoms in total. The Balaban J connectivity index is 0.000000184. The fraction of sp³-hybridized carbons (Fsp3) is 0.175. The Morgan fingerprint density at radius 3 is 2.09 bits per heavy atom. The maximum atomic E-state index is 13.4. The van der Waals surface area contributed by atoms with Gasteiger partial charge in [0.2, 0.25) is 5.88 Å². The van der Waals surface area contributed by atoms with E-state index in [2.05, 4.69) is 45.3 Å². The lowest BCUT2D eigenvalue weighted by Gasteiger charge is -2.28. The van der Waals surface area contributed by atoms with E-state index in [-0.39, 0.29) is 64.2 Å². The number of rotatable bonds is 13. The van der Waals surface area contributed by atoms with Crippen molar-refractivity contribution in [3.05, 3.63) is 204 Å². The third-order valence-corrected chi connectivity index (χ3v) is 12.5. The molecule has 0 spiro atoms. The monoisotopic (exact) mass is 1070 g/mol. The van der Waals surface area contributed by atoms with Crippen LogP contribution in [0.3, 0.4) is 0 Å². The third kappa shape index (κ3) is 12.8. The highest BCUT2D eigenvalue weighted by molar-refractivity contribution is 6.31. The summed E-state index contributed by atoms with van der Waals surface area (Å²) >= 11 is 0. The summed E-state index contributed by atoms with van der Waals surface area (Å²) in [7, 11) is 3.87. The molecule has 79 heavy (non-hydrogen) atoms. The Morgan fingerprint density at radius 1 is 0.785 bits per heavy atom. The highest BCUT2D eigenvalue weighted by atomic mass is 17.1. The number of H-pyrrole nitrogens is 2. The second-order valence-electron chi connectivity index (χ2n) is 17.9. The van der Waals surface area contributed by atoms with E-state index in [1.54, 1.807) is 69.3 Å². The number of imide groups is 1. The number of hydrogen-bond donors (Lipinski definition) is 6. The molecule has 0 radical (unpaired) electrons. The first-order valence-corrected chi connectivity index (χ1v) is 24.2. The number of fused-ring (bicyclic) bond motifs is 1. The molecule has 4 aliphatic rings. The number of benzene rings is 4. The van der Waals surface area contributed by atoms with Gasteiger partial charge >= 0.3 is 5.97 Å². The lowest BCUT2D eigenvalue weighted by Crippen LogP contribution is -2.42. The summed E-state index contributed by atoms with van der Waals surface area (Å²) in [5, 5.41) is 41.4. The van der Waals surface area contributed by atoms with Crippen LogP contribution in [0.2, 0.25) is 0 Å². The predicted molar refractivity (Wildman–Crippen MR) is 297 cm³/mol. The molecule has 5 heterocycles. The van der Waals surface area contributed by atoms with E-state index in [0.29, 0.717) is 45.4 Å². The standard InChI is InChI=1S/C26H23N3O6.C22H21N3O4.C9H10N4O2/c1-16-22(7-5-6-17-8-10-20(11-9-17)28(3)4)24(30)29(25(31)23(16)27-2)21-13-18(15-35-34)12-19(14-21)26(32)33;1-3-24-19-6-4-5-7-20(19)29-21(24)13-12-18-15(2)23-25(22(18)26)17-10-8-16(9-11-17)14-28-27;1-4-6(8(14)12-10-4)3-7-5(2)11-13-9(7)15/h5-14,34H,15H2,1,3-4H3,(H,32,33);4-13,27H,3,14H2,1-2H3;3H,1-2H3,(H,12,14)(H2,11,13,15)/b6-5-,22-7?;18-12?,21-13-;. The van der Waals surface area contributed by atoms with Crippen molar-refractivity contribution in [2.24, 2.45) is 10.2 Å². The molecular formula is C57H54N10O12. The van der Waals surface area contributed by atoms with Gasteiger partial charge in [0.25, 0.3) is 34.9 Å². The zero-order valence-corrected chi connectivity index (χ0v) is 43.9. The molecular weight excluding hydrogens is 1020 g/mol. The van der Waals surface area contributed by atoms with Crippen molar-refractivity contribution in [1.29, 1.82) is 0 Å². The summed E-state index contributed by atoms with van der Waals surface area (Å²) in [6, 6.07) is 26.4. The summed E-state index contributed by atoms with van der Waals surface area (Å²) in [5.41, 5.74) is 9.82. The van der Waals surface area contributed by atoms with E-state index in [1.807, 2.05) is 74.4 Å². The van der Waals surface area contributed by atoms with Crippen LogP contribution >= 0.6 is 0 Å². The summed E-state index contributed by atoms with van der Waals surface area (Å²) in [6.45, 7) is 16.8. The Morgan fingerprint density at radius 2 is 1.48 bits per heavy atom. The first-order valence-electron chi connectivity index (χ1n) is 24.2. The third-order valence-electron chi connectivity index (χ3n) is 12.5. The number of amides is 4. The number of carboxylic acids is 1. The lowest BCUT2D eigenvalue weighted by atomic mass is 9.97. The van der Waals surface area contributed by atoms with Crippen LogP contribution in [0.25, 0.3) is 17.0 Å². The van der Waals surface area contributed by atoms with Crippen LogP contribution in [0.1, 0.15) is 66.0 Å². The number of ether oxygens (including phenoxy) is 1. The number of aromatic amines is 2. The van der Waals surface area contributed by atoms with Gasteiger partial charge in [0.05, 0.1) is 57.3 Å². The van der Waals surface area contributed by atoms with E-state index in [4.69, 9.17) is 21.8 Å². The summed E-state index contributed by atoms with van der Waals surface area (Å²) in [4.78, 5) is 89.8. The smallest absolute Gasteiger partial charge is 0.335 e. The van der Waals surface area contributed by atoms with Crippen LogP contribution in [-0.2, 0) is 42.2 Å². The average Bonchev–Trinajstić information content (AvgIpc) is 4.19. The Hall–Kier alpha value is -10.0. The molecule has 0 saturated carbocycles. The van der Waals surface area contributed by atoms with Crippen LogP contribution in [0.4, 0.5) is 22.7 Å². The molecule has 4 aromatic carbocycles. The van der Waals surface area contributed by atoms with Crippen molar-refractivity contribution in [2.45, 2.75) is 47.8 Å². The number of para-hydroxylation sites is 2. The Kier molecular flexibility index (Phi) is 18.1. The minimum atomic E-state index is -1.29. The summed E-state index contributed by atoms with van der Waals surface area (Å²) < 4.78 is 5.93. The fourth-order valence-electron chi connectivity index (χ4n) is 8.27. The number of aromatic carboxylic acids is 1. The number of hydrazone groups is 2. The molecule has 1 aromatic heterocycles. The summed E-state index contributed by atoms with van der Waals surface area (Å²) in [5.74, 6) is -1.87. The van der Waals surface area contributed by atoms with Gasteiger partial charge in [-0.1, -0.05) is 54.6 Å². The molecule has 9 rings (SSSR count). The van der Waals surface area contributed by atoms with Gasteiger partial charge in [-0.15, -0.1) is 0 Å². The van der Waals surface area contributed by atoms with Gasteiger partial charge in [-0.25, -0.2) is 24.8 Å². The quantitative estimate of drug-likeness (QED) is 0.0214. The number of allylic oxidation sites excluding steroid dienone is 4. The first kappa shape index (κ1) is 56.7. The minimum Gasteiger partial charge on any atom is -0.478 e. The number of aromatic nitrogens is 2. The molecule has 4 aliphatic heterocycles. The fourth-order valence-corrected chi connectivity index (χ4v) is 8.27. The molecule has 0 bridgehead atoms. The second kappa shape index (κ2) is 25.2. The molecule has 0 fully saturated rings. The molecule has 5 aromatic rings. The highest BCUT2D eigenvalue weighted by Crippen LogP contribution is 2.39. The number of anilines is 4. The number of aryl methyl sites for hydroxylation is 1. The van der Waals surface area contributed by atoms with Crippen molar-refractivity contribution in [3.8, 4) is 5.75 Å². The van der Waals surface area contributed by atoms with E-state index in [1.165, 1.54) is 36.2 Å².